The lowest BCUT2D eigenvalue weighted by atomic mass is 10.1. The number of ether oxygens (including phenoxy) is 1. The molecule has 0 amide bonds. The largest absolute Gasteiger partial charge is 0.490 e. The summed E-state index contributed by atoms with van der Waals surface area (Å²) in [4.78, 5) is 24.1. The summed E-state index contributed by atoms with van der Waals surface area (Å²) in [5.74, 6) is -0.380. The summed E-state index contributed by atoms with van der Waals surface area (Å²) < 4.78 is 5.57. The summed E-state index contributed by atoms with van der Waals surface area (Å²) >= 11 is 0. The van der Waals surface area contributed by atoms with Gasteiger partial charge in [-0.3, -0.25) is 4.79 Å². The molecule has 2 aromatic carbocycles. The first-order valence-electron chi connectivity index (χ1n) is 6.52. The highest BCUT2D eigenvalue weighted by atomic mass is 16.5. The standard InChI is InChI=1S/C16H13NO4/c18-10-11-5-6-14-15(9-11)21-8-7-17(14)13-4-2-1-3-12(13)16(19)20/h1-6,9-10H,7-8H2,(H,19,20). The third-order valence-corrected chi connectivity index (χ3v) is 3.41. The van der Waals surface area contributed by atoms with E-state index in [0.717, 1.165) is 12.0 Å². The van der Waals surface area contributed by atoms with Crippen LogP contribution >= 0.6 is 0 Å². The molecule has 0 aromatic heterocycles. The van der Waals surface area contributed by atoms with Crippen LogP contribution in [0.5, 0.6) is 5.75 Å². The summed E-state index contributed by atoms with van der Waals surface area (Å²) in [6.07, 6.45) is 0.758. The van der Waals surface area contributed by atoms with E-state index in [2.05, 4.69) is 0 Å². The second kappa shape index (κ2) is 5.28. The third-order valence-electron chi connectivity index (χ3n) is 3.41. The molecule has 0 saturated carbocycles. The first kappa shape index (κ1) is 13.2. The number of aromatic carboxylic acids is 1. The van der Waals surface area contributed by atoms with Crippen molar-refractivity contribution in [2.24, 2.45) is 0 Å². The Morgan fingerprint density at radius 3 is 2.76 bits per heavy atom. The maximum Gasteiger partial charge on any atom is 0.337 e. The van der Waals surface area contributed by atoms with Crippen LogP contribution in [0.1, 0.15) is 20.7 Å². The van der Waals surface area contributed by atoms with Gasteiger partial charge in [0.2, 0.25) is 0 Å². The van der Waals surface area contributed by atoms with Gasteiger partial charge in [-0.2, -0.15) is 0 Å². The lowest BCUT2D eigenvalue weighted by Gasteiger charge is -2.32. The van der Waals surface area contributed by atoms with E-state index in [9.17, 15) is 14.7 Å². The molecule has 0 saturated heterocycles. The minimum absolute atomic E-state index is 0.241. The molecular formula is C16H13NO4. The van der Waals surface area contributed by atoms with Gasteiger partial charge in [0, 0.05) is 5.56 Å². The Kier molecular flexibility index (Phi) is 3.31. The smallest absolute Gasteiger partial charge is 0.337 e. The van der Waals surface area contributed by atoms with Crippen molar-refractivity contribution in [1.82, 2.24) is 0 Å². The fourth-order valence-corrected chi connectivity index (χ4v) is 2.45. The van der Waals surface area contributed by atoms with E-state index in [1.165, 1.54) is 0 Å². The Bertz CT molecular complexity index is 711. The van der Waals surface area contributed by atoms with Crippen LogP contribution in [-0.2, 0) is 0 Å². The van der Waals surface area contributed by atoms with Gasteiger partial charge < -0.3 is 14.7 Å². The second-order valence-corrected chi connectivity index (χ2v) is 4.67. The van der Waals surface area contributed by atoms with Gasteiger partial charge in [0.1, 0.15) is 18.6 Å². The monoisotopic (exact) mass is 283 g/mol. The van der Waals surface area contributed by atoms with Crippen LogP contribution in [0.15, 0.2) is 42.5 Å². The third kappa shape index (κ3) is 2.33. The molecule has 1 aliphatic heterocycles. The van der Waals surface area contributed by atoms with Crippen molar-refractivity contribution in [1.29, 1.82) is 0 Å². The zero-order chi connectivity index (χ0) is 14.8. The molecule has 5 nitrogen and oxygen atoms in total. The summed E-state index contributed by atoms with van der Waals surface area (Å²) in [7, 11) is 0. The van der Waals surface area contributed by atoms with Crippen LogP contribution in [0.25, 0.3) is 0 Å². The quantitative estimate of drug-likeness (QED) is 0.877. The number of carboxylic acids is 1. The number of fused-ring (bicyclic) bond motifs is 1. The van der Waals surface area contributed by atoms with Gasteiger partial charge in [-0.1, -0.05) is 12.1 Å². The molecule has 21 heavy (non-hydrogen) atoms. The zero-order valence-corrected chi connectivity index (χ0v) is 11.2. The van der Waals surface area contributed by atoms with Crippen LogP contribution in [0.3, 0.4) is 0 Å². The number of carbonyl (C=O) groups excluding carboxylic acids is 1. The number of carbonyl (C=O) groups is 2. The fourth-order valence-electron chi connectivity index (χ4n) is 2.45. The molecule has 1 N–H and O–H groups in total. The number of rotatable bonds is 3. The highest BCUT2D eigenvalue weighted by molar-refractivity contribution is 5.96. The van der Waals surface area contributed by atoms with Crippen molar-refractivity contribution in [3.63, 3.8) is 0 Å². The number of anilines is 2. The lowest BCUT2D eigenvalue weighted by molar-refractivity contribution is 0.0697. The van der Waals surface area contributed by atoms with Gasteiger partial charge in [-0.05, 0) is 30.3 Å². The molecule has 5 heteroatoms. The summed E-state index contributed by atoms with van der Waals surface area (Å²) in [6.45, 7) is 0.987. The number of benzene rings is 2. The van der Waals surface area contributed by atoms with Gasteiger partial charge in [0.05, 0.1) is 23.5 Å². The first-order valence-corrected chi connectivity index (χ1v) is 6.52. The molecule has 2 aromatic rings. The molecule has 0 aliphatic carbocycles. The predicted octanol–water partition coefficient (Wildman–Crippen LogP) is 2.73. The Morgan fingerprint density at radius 1 is 1.19 bits per heavy atom. The van der Waals surface area contributed by atoms with E-state index >= 15 is 0 Å². The van der Waals surface area contributed by atoms with Crippen molar-refractivity contribution < 1.29 is 19.4 Å². The normalized spacial score (nSPS) is 13.2. The highest BCUT2D eigenvalue weighted by Crippen LogP contribution is 2.38. The summed E-state index contributed by atoms with van der Waals surface area (Å²) in [5, 5.41) is 9.32. The Labute approximate surface area is 121 Å². The lowest BCUT2D eigenvalue weighted by Crippen LogP contribution is -2.29. The number of hydrogen-bond acceptors (Lipinski definition) is 4. The second-order valence-electron chi connectivity index (χ2n) is 4.67. The van der Waals surface area contributed by atoms with E-state index in [1.807, 2.05) is 4.90 Å². The number of nitrogens with zero attached hydrogens (tertiary/aromatic N) is 1. The molecule has 0 fully saturated rings. The van der Waals surface area contributed by atoms with Crippen molar-refractivity contribution in [2.75, 3.05) is 18.1 Å². The van der Waals surface area contributed by atoms with E-state index in [-0.39, 0.29) is 5.56 Å². The maximum absolute atomic E-state index is 11.4. The SMILES string of the molecule is O=Cc1ccc2c(c1)OCCN2c1ccccc1C(=O)O. The molecule has 106 valence electrons. The summed E-state index contributed by atoms with van der Waals surface area (Å²) in [6, 6.07) is 12.0. The van der Waals surface area contributed by atoms with Crippen molar-refractivity contribution in [3.05, 3.63) is 53.6 Å². The average molecular weight is 283 g/mol. The van der Waals surface area contributed by atoms with E-state index in [4.69, 9.17) is 4.74 Å². The molecule has 0 radical (unpaired) electrons. The molecule has 1 aliphatic rings. The summed E-state index contributed by atoms with van der Waals surface area (Å²) in [5.41, 5.74) is 2.15. The van der Waals surface area contributed by atoms with Gasteiger partial charge >= 0.3 is 5.97 Å². The van der Waals surface area contributed by atoms with Gasteiger partial charge in [-0.25, -0.2) is 4.79 Å². The van der Waals surface area contributed by atoms with Gasteiger partial charge in [-0.15, -0.1) is 0 Å². The Hall–Kier alpha value is -2.82. The first-order chi connectivity index (χ1) is 10.2. The molecule has 0 bridgehead atoms. The predicted molar refractivity (Wildman–Crippen MR) is 77.7 cm³/mol. The molecular weight excluding hydrogens is 270 g/mol. The molecule has 0 spiro atoms. The molecule has 0 atom stereocenters. The van der Waals surface area contributed by atoms with E-state index in [0.29, 0.717) is 30.2 Å². The van der Waals surface area contributed by atoms with Crippen LogP contribution in [0, 0.1) is 0 Å². The minimum atomic E-state index is -0.969. The fraction of sp³-hybridized carbons (Fsp3) is 0.125. The molecule has 0 unspecified atom stereocenters. The number of carboxylic acid groups (broad SMARTS) is 1. The van der Waals surface area contributed by atoms with Crippen LogP contribution in [0.4, 0.5) is 11.4 Å². The number of para-hydroxylation sites is 1. The topological polar surface area (TPSA) is 66.8 Å². The molecule has 1 heterocycles. The van der Waals surface area contributed by atoms with Crippen LogP contribution in [-0.4, -0.2) is 30.5 Å². The Balaban J connectivity index is 2.11. The van der Waals surface area contributed by atoms with Crippen molar-refractivity contribution >= 4 is 23.6 Å². The zero-order valence-electron chi connectivity index (χ0n) is 11.2. The molecule has 3 rings (SSSR count). The van der Waals surface area contributed by atoms with Gasteiger partial charge in [0.25, 0.3) is 0 Å². The van der Waals surface area contributed by atoms with Crippen molar-refractivity contribution in [2.45, 2.75) is 0 Å². The van der Waals surface area contributed by atoms with Crippen molar-refractivity contribution in [3.8, 4) is 5.75 Å². The van der Waals surface area contributed by atoms with Crippen LogP contribution in [0.2, 0.25) is 0 Å². The van der Waals surface area contributed by atoms with E-state index in [1.54, 1.807) is 42.5 Å². The number of aldehydes is 1. The van der Waals surface area contributed by atoms with E-state index < -0.39 is 5.97 Å². The van der Waals surface area contributed by atoms with Gasteiger partial charge in [0.15, 0.2) is 0 Å². The maximum atomic E-state index is 11.4. The average Bonchev–Trinajstić information content (AvgIpc) is 2.53. The highest BCUT2D eigenvalue weighted by Gasteiger charge is 2.23. The Morgan fingerprint density at radius 2 is 2.00 bits per heavy atom. The van der Waals surface area contributed by atoms with Crippen LogP contribution < -0.4 is 9.64 Å². The minimum Gasteiger partial charge on any atom is -0.490 e. The number of hydrogen-bond donors (Lipinski definition) is 1.